The number of rotatable bonds is 5. The van der Waals surface area contributed by atoms with Gasteiger partial charge in [-0.3, -0.25) is 4.72 Å². The summed E-state index contributed by atoms with van der Waals surface area (Å²) in [6.07, 6.45) is 0.399. The van der Waals surface area contributed by atoms with Gasteiger partial charge in [-0.2, -0.15) is 5.10 Å². The van der Waals surface area contributed by atoms with Crippen LogP contribution in [0.5, 0.6) is 0 Å². The highest BCUT2D eigenvalue weighted by Gasteiger charge is 2.32. The summed E-state index contributed by atoms with van der Waals surface area (Å²) in [5, 5.41) is 4.57. The number of nitrogens with one attached hydrogen (secondary N) is 1. The molecule has 2 heterocycles. The molecule has 158 valence electrons. The average molecular weight is 446 g/mol. The minimum Gasteiger partial charge on any atom is -0.264 e. The first kappa shape index (κ1) is 20.6. The molecule has 2 aromatic carbocycles. The zero-order valence-electron chi connectivity index (χ0n) is 16.7. The van der Waals surface area contributed by atoms with Crippen molar-refractivity contribution >= 4 is 25.7 Å². The summed E-state index contributed by atoms with van der Waals surface area (Å²) in [6.45, 7) is 3.86. The molecular formula is C21H23N3O4S2. The van der Waals surface area contributed by atoms with Crippen LogP contribution in [-0.2, 0) is 19.9 Å². The van der Waals surface area contributed by atoms with Crippen LogP contribution >= 0.6 is 0 Å². The third-order valence-electron chi connectivity index (χ3n) is 5.21. The third-order valence-corrected chi connectivity index (χ3v) is 8.33. The number of sulfonamides is 1. The summed E-state index contributed by atoms with van der Waals surface area (Å²) >= 11 is 0. The van der Waals surface area contributed by atoms with Gasteiger partial charge in [-0.25, -0.2) is 21.5 Å². The van der Waals surface area contributed by atoms with E-state index >= 15 is 0 Å². The lowest BCUT2D eigenvalue weighted by Gasteiger charge is -2.14. The van der Waals surface area contributed by atoms with Crippen molar-refractivity contribution in [2.75, 3.05) is 16.2 Å². The molecule has 1 atom stereocenters. The maximum Gasteiger partial charge on any atom is 0.263 e. The van der Waals surface area contributed by atoms with Crippen molar-refractivity contribution in [3.8, 4) is 11.3 Å². The van der Waals surface area contributed by atoms with Gasteiger partial charge in [0.25, 0.3) is 10.0 Å². The van der Waals surface area contributed by atoms with Gasteiger partial charge in [-0.05, 0) is 32.4 Å². The molecule has 0 aliphatic carbocycles. The monoisotopic (exact) mass is 445 g/mol. The van der Waals surface area contributed by atoms with Gasteiger partial charge in [-0.15, -0.1) is 0 Å². The first-order valence-electron chi connectivity index (χ1n) is 9.59. The Morgan fingerprint density at radius 3 is 2.17 bits per heavy atom. The Morgan fingerprint density at radius 2 is 1.60 bits per heavy atom. The Hall–Kier alpha value is -2.65. The van der Waals surface area contributed by atoms with Gasteiger partial charge in [0, 0.05) is 11.6 Å². The first-order valence-corrected chi connectivity index (χ1v) is 12.9. The predicted molar refractivity (Wildman–Crippen MR) is 117 cm³/mol. The van der Waals surface area contributed by atoms with E-state index in [-0.39, 0.29) is 22.2 Å². The smallest absolute Gasteiger partial charge is 0.263 e. The normalized spacial score (nSPS) is 18.4. The van der Waals surface area contributed by atoms with Crippen LogP contribution in [0, 0.1) is 13.8 Å². The zero-order valence-corrected chi connectivity index (χ0v) is 18.4. The van der Waals surface area contributed by atoms with Crippen molar-refractivity contribution in [3.63, 3.8) is 0 Å². The summed E-state index contributed by atoms with van der Waals surface area (Å²) < 4.78 is 54.0. The number of benzene rings is 2. The molecule has 1 N–H and O–H groups in total. The number of hydrogen-bond acceptors (Lipinski definition) is 5. The number of hydrogen-bond donors (Lipinski definition) is 1. The fourth-order valence-corrected chi connectivity index (χ4v) is 6.23. The Kier molecular flexibility index (Phi) is 5.19. The van der Waals surface area contributed by atoms with E-state index in [1.807, 2.05) is 38.1 Å². The van der Waals surface area contributed by atoms with Gasteiger partial charge in [0.05, 0.1) is 28.1 Å². The highest BCUT2D eigenvalue weighted by Crippen LogP contribution is 2.31. The van der Waals surface area contributed by atoms with Gasteiger partial charge < -0.3 is 0 Å². The van der Waals surface area contributed by atoms with Crippen LogP contribution in [0.4, 0.5) is 5.82 Å². The summed E-state index contributed by atoms with van der Waals surface area (Å²) in [5.74, 6) is 0.274. The predicted octanol–water partition coefficient (Wildman–Crippen LogP) is 3.33. The first-order chi connectivity index (χ1) is 14.1. The van der Waals surface area contributed by atoms with Crippen molar-refractivity contribution in [2.24, 2.45) is 0 Å². The van der Waals surface area contributed by atoms with E-state index in [0.29, 0.717) is 12.1 Å². The highest BCUT2D eigenvalue weighted by molar-refractivity contribution is 7.92. The molecule has 0 spiro atoms. The molecule has 0 saturated carbocycles. The van der Waals surface area contributed by atoms with Crippen LogP contribution in [0.1, 0.15) is 23.6 Å². The SMILES string of the molecule is Cc1ccc(-c2cc(NS(=O)(=O)c3ccc(C)cc3)n(C3CCS(=O)(=O)C3)n2)cc1. The fourth-order valence-electron chi connectivity index (χ4n) is 3.50. The Balaban J connectivity index is 1.75. The van der Waals surface area contributed by atoms with E-state index in [1.165, 1.54) is 4.68 Å². The molecule has 4 rings (SSSR count). The third kappa shape index (κ3) is 4.27. The van der Waals surface area contributed by atoms with E-state index < -0.39 is 25.9 Å². The molecule has 1 fully saturated rings. The van der Waals surface area contributed by atoms with Crippen molar-refractivity contribution < 1.29 is 16.8 Å². The maximum absolute atomic E-state index is 12.9. The molecule has 1 saturated heterocycles. The lowest BCUT2D eigenvalue weighted by atomic mass is 10.1. The van der Waals surface area contributed by atoms with Crippen LogP contribution in [0.15, 0.2) is 59.5 Å². The van der Waals surface area contributed by atoms with E-state index in [4.69, 9.17) is 0 Å². The summed E-state index contributed by atoms with van der Waals surface area (Å²) in [6, 6.07) is 15.5. The van der Waals surface area contributed by atoms with E-state index in [1.54, 1.807) is 30.3 Å². The lowest BCUT2D eigenvalue weighted by molar-refractivity contribution is 0.507. The van der Waals surface area contributed by atoms with Crippen molar-refractivity contribution in [3.05, 3.63) is 65.7 Å². The molecule has 7 nitrogen and oxygen atoms in total. The number of anilines is 1. The molecule has 1 aromatic heterocycles. The number of aromatic nitrogens is 2. The molecule has 30 heavy (non-hydrogen) atoms. The van der Waals surface area contributed by atoms with Crippen LogP contribution < -0.4 is 4.72 Å². The van der Waals surface area contributed by atoms with Crippen LogP contribution in [-0.4, -0.2) is 38.1 Å². The number of aryl methyl sites for hydroxylation is 2. The maximum atomic E-state index is 12.9. The number of nitrogens with zero attached hydrogens (tertiary/aromatic N) is 2. The Morgan fingerprint density at radius 1 is 1.00 bits per heavy atom. The van der Waals surface area contributed by atoms with Crippen LogP contribution in [0.25, 0.3) is 11.3 Å². The van der Waals surface area contributed by atoms with Gasteiger partial charge in [-0.1, -0.05) is 47.5 Å². The van der Waals surface area contributed by atoms with Gasteiger partial charge in [0.15, 0.2) is 9.84 Å². The minimum absolute atomic E-state index is 0.0543. The molecule has 0 amide bonds. The second-order valence-corrected chi connectivity index (χ2v) is 11.6. The molecule has 9 heteroatoms. The molecule has 1 unspecified atom stereocenters. The summed E-state index contributed by atoms with van der Waals surface area (Å²) in [7, 11) is -7.01. The number of sulfone groups is 1. The fraction of sp³-hybridized carbons (Fsp3) is 0.286. The lowest BCUT2D eigenvalue weighted by Crippen LogP contribution is -2.20. The zero-order chi connectivity index (χ0) is 21.5. The van der Waals surface area contributed by atoms with Crippen molar-refractivity contribution in [1.82, 2.24) is 9.78 Å². The second kappa shape index (κ2) is 7.55. The molecule has 0 radical (unpaired) electrons. The molecule has 1 aliphatic heterocycles. The summed E-state index contributed by atoms with van der Waals surface area (Å²) in [5.41, 5.74) is 3.47. The van der Waals surface area contributed by atoms with E-state index in [9.17, 15) is 16.8 Å². The Bertz CT molecular complexity index is 1280. The van der Waals surface area contributed by atoms with Gasteiger partial charge in [0.1, 0.15) is 5.82 Å². The average Bonchev–Trinajstić information content (AvgIpc) is 3.25. The van der Waals surface area contributed by atoms with Crippen molar-refractivity contribution in [2.45, 2.75) is 31.2 Å². The highest BCUT2D eigenvalue weighted by atomic mass is 32.2. The van der Waals surface area contributed by atoms with Gasteiger partial charge in [0.2, 0.25) is 0 Å². The standard InChI is InChI=1S/C21H23N3O4S2/c1-15-3-7-17(8-4-15)20-13-21(24(22-20)18-11-12-29(25,26)14-18)23-30(27,28)19-9-5-16(2)6-10-19/h3-10,13,18,23H,11-12,14H2,1-2H3. The van der Waals surface area contributed by atoms with Crippen molar-refractivity contribution in [1.29, 1.82) is 0 Å². The van der Waals surface area contributed by atoms with Gasteiger partial charge >= 0.3 is 0 Å². The van der Waals surface area contributed by atoms with Crippen LogP contribution in [0.2, 0.25) is 0 Å². The van der Waals surface area contributed by atoms with Crippen LogP contribution in [0.3, 0.4) is 0 Å². The van der Waals surface area contributed by atoms with E-state index in [2.05, 4.69) is 9.82 Å². The molecule has 3 aromatic rings. The quantitative estimate of drug-likeness (QED) is 0.650. The topological polar surface area (TPSA) is 98.1 Å². The minimum atomic E-state index is -3.85. The molecular weight excluding hydrogens is 422 g/mol. The Labute approximate surface area is 176 Å². The molecule has 0 bridgehead atoms. The summed E-state index contributed by atoms with van der Waals surface area (Å²) in [4.78, 5) is 0.136. The van der Waals surface area contributed by atoms with E-state index in [0.717, 1.165) is 16.7 Å². The second-order valence-electron chi connectivity index (χ2n) is 7.70. The molecule has 1 aliphatic rings. The largest absolute Gasteiger partial charge is 0.264 e.